The molecule has 0 saturated carbocycles. The zero-order valence-corrected chi connectivity index (χ0v) is 13.1. The van der Waals surface area contributed by atoms with Crippen molar-refractivity contribution in [3.8, 4) is 11.3 Å². The molecule has 0 aliphatic carbocycles. The first-order chi connectivity index (χ1) is 11.8. The molecule has 0 spiro atoms. The van der Waals surface area contributed by atoms with Gasteiger partial charge in [0.25, 0.3) is 0 Å². The molecule has 6 heteroatoms. The highest BCUT2D eigenvalue weighted by Gasteiger charge is 2.14. The van der Waals surface area contributed by atoms with Crippen molar-refractivity contribution in [2.24, 2.45) is 0 Å². The molecular formula is C18H16N6. The summed E-state index contributed by atoms with van der Waals surface area (Å²) in [6.07, 6.45) is 5.15. The Balaban J connectivity index is 1.74. The molecule has 2 N–H and O–H groups in total. The molecule has 3 heterocycles. The molecule has 1 aromatic carbocycles. The van der Waals surface area contributed by atoms with Gasteiger partial charge in [0.2, 0.25) is 5.95 Å². The number of fused-ring (bicyclic) bond motifs is 1. The first kappa shape index (κ1) is 14.3. The summed E-state index contributed by atoms with van der Waals surface area (Å²) in [5.41, 5.74) is 4.32. The zero-order valence-electron chi connectivity index (χ0n) is 13.1. The van der Waals surface area contributed by atoms with E-state index in [4.69, 9.17) is 0 Å². The number of hydrogen-bond donors (Lipinski definition) is 2. The van der Waals surface area contributed by atoms with E-state index in [2.05, 4.69) is 49.3 Å². The molecule has 118 valence electrons. The molecule has 3 aromatic heterocycles. The number of anilines is 1. The van der Waals surface area contributed by atoms with Crippen LogP contribution in [0, 0.1) is 0 Å². The van der Waals surface area contributed by atoms with Crippen LogP contribution in [0.1, 0.15) is 18.5 Å². The smallest absolute Gasteiger partial charge is 0.225 e. The molecule has 0 bridgehead atoms. The number of nitrogens with zero attached hydrogens (tertiary/aromatic N) is 4. The van der Waals surface area contributed by atoms with Gasteiger partial charge in [0.15, 0.2) is 5.65 Å². The average molecular weight is 316 g/mol. The van der Waals surface area contributed by atoms with E-state index >= 15 is 0 Å². The Hall–Kier alpha value is -3.28. The Labute approximate surface area is 139 Å². The van der Waals surface area contributed by atoms with Crippen LogP contribution in [0.2, 0.25) is 0 Å². The number of benzene rings is 1. The molecule has 6 nitrogen and oxygen atoms in total. The van der Waals surface area contributed by atoms with Crippen LogP contribution >= 0.6 is 0 Å². The summed E-state index contributed by atoms with van der Waals surface area (Å²) in [5, 5.41) is 3.35. The maximum absolute atomic E-state index is 4.68. The van der Waals surface area contributed by atoms with E-state index < -0.39 is 0 Å². The molecule has 0 fully saturated rings. The Kier molecular flexibility index (Phi) is 3.63. The van der Waals surface area contributed by atoms with Crippen LogP contribution in [0.4, 0.5) is 5.95 Å². The molecule has 0 radical (unpaired) electrons. The summed E-state index contributed by atoms with van der Waals surface area (Å²) in [6.45, 7) is 2.08. The van der Waals surface area contributed by atoms with Crippen molar-refractivity contribution in [2.75, 3.05) is 5.32 Å². The van der Waals surface area contributed by atoms with E-state index in [0.717, 1.165) is 16.8 Å². The SMILES string of the molecule is C[C@H](Nc1nc(-c2cccnc2)c2[nH]cnc2n1)c1ccccc1. The largest absolute Gasteiger partial charge is 0.348 e. The first-order valence-corrected chi connectivity index (χ1v) is 7.74. The topological polar surface area (TPSA) is 79.4 Å². The van der Waals surface area contributed by atoms with Crippen LogP contribution < -0.4 is 5.32 Å². The van der Waals surface area contributed by atoms with Gasteiger partial charge in [0, 0.05) is 18.0 Å². The Morgan fingerprint density at radius 2 is 1.92 bits per heavy atom. The molecule has 0 unspecified atom stereocenters. The summed E-state index contributed by atoms with van der Waals surface area (Å²) < 4.78 is 0. The molecule has 1 atom stereocenters. The van der Waals surface area contributed by atoms with Crippen molar-refractivity contribution >= 4 is 17.1 Å². The van der Waals surface area contributed by atoms with Crippen molar-refractivity contribution in [3.63, 3.8) is 0 Å². The minimum absolute atomic E-state index is 0.0874. The number of aromatic nitrogens is 5. The van der Waals surface area contributed by atoms with Crippen LogP contribution in [0.15, 0.2) is 61.2 Å². The van der Waals surface area contributed by atoms with Crippen molar-refractivity contribution in [3.05, 3.63) is 66.7 Å². The minimum Gasteiger partial charge on any atom is -0.348 e. The molecule has 0 aliphatic heterocycles. The van der Waals surface area contributed by atoms with Gasteiger partial charge in [-0.1, -0.05) is 30.3 Å². The van der Waals surface area contributed by atoms with Gasteiger partial charge >= 0.3 is 0 Å². The minimum atomic E-state index is 0.0874. The van der Waals surface area contributed by atoms with Gasteiger partial charge in [-0.3, -0.25) is 4.98 Å². The third-order valence-corrected chi connectivity index (χ3v) is 3.87. The predicted molar refractivity (Wildman–Crippen MR) is 93.4 cm³/mol. The third-order valence-electron chi connectivity index (χ3n) is 3.87. The van der Waals surface area contributed by atoms with E-state index in [1.165, 1.54) is 5.56 Å². The molecule has 0 saturated heterocycles. The van der Waals surface area contributed by atoms with Crippen LogP contribution in [0.25, 0.3) is 22.4 Å². The van der Waals surface area contributed by atoms with Gasteiger partial charge in [-0.2, -0.15) is 4.98 Å². The molecule has 4 rings (SSSR count). The number of rotatable bonds is 4. The number of aromatic amines is 1. The summed E-state index contributed by atoms with van der Waals surface area (Å²) in [7, 11) is 0. The number of imidazole rings is 1. The van der Waals surface area contributed by atoms with Crippen LogP contribution in [0.5, 0.6) is 0 Å². The highest BCUT2D eigenvalue weighted by atomic mass is 15.1. The van der Waals surface area contributed by atoms with Crippen molar-refractivity contribution in [1.29, 1.82) is 0 Å². The van der Waals surface area contributed by atoms with Gasteiger partial charge < -0.3 is 10.3 Å². The summed E-state index contributed by atoms with van der Waals surface area (Å²) in [4.78, 5) is 20.7. The summed E-state index contributed by atoms with van der Waals surface area (Å²) >= 11 is 0. The van der Waals surface area contributed by atoms with E-state index in [1.807, 2.05) is 30.3 Å². The summed E-state index contributed by atoms with van der Waals surface area (Å²) in [6, 6.07) is 14.1. The van der Waals surface area contributed by atoms with Crippen LogP contribution in [0.3, 0.4) is 0 Å². The molecule has 24 heavy (non-hydrogen) atoms. The van der Waals surface area contributed by atoms with Gasteiger partial charge in [-0.25, -0.2) is 9.97 Å². The second-order valence-electron chi connectivity index (χ2n) is 5.52. The lowest BCUT2D eigenvalue weighted by Crippen LogP contribution is -2.10. The first-order valence-electron chi connectivity index (χ1n) is 7.74. The van der Waals surface area contributed by atoms with E-state index in [9.17, 15) is 0 Å². The number of H-pyrrole nitrogens is 1. The summed E-state index contributed by atoms with van der Waals surface area (Å²) in [5.74, 6) is 0.546. The fourth-order valence-electron chi connectivity index (χ4n) is 2.63. The average Bonchev–Trinajstić information content (AvgIpc) is 3.11. The predicted octanol–water partition coefficient (Wildman–Crippen LogP) is 3.59. The lowest BCUT2D eigenvalue weighted by Gasteiger charge is -2.15. The fourth-order valence-corrected chi connectivity index (χ4v) is 2.63. The normalized spacial score (nSPS) is 12.2. The maximum Gasteiger partial charge on any atom is 0.225 e. The standard InChI is InChI=1S/C18H16N6/c1-12(13-6-3-2-4-7-13)22-18-23-15(14-8-5-9-19-10-14)16-17(24-18)21-11-20-16/h2-12H,1H3,(H2,20,21,22,23,24)/t12-/m0/s1. The van der Waals surface area contributed by atoms with Gasteiger partial charge in [-0.15, -0.1) is 0 Å². The van der Waals surface area contributed by atoms with Crippen LogP contribution in [-0.4, -0.2) is 24.9 Å². The molecule has 4 aromatic rings. The highest BCUT2D eigenvalue weighted by molar-refractivity contribution is 5.87. The highest BCUT2D eigenvalue weighted by Crippen LogP contribution is 2.25. The lowest BCUT2D eigenvalue weighted by atomic mass is 10.1. The molecule has 0 aliphatic rings. The number of hydrogen-bond acceptors (Lipinski definition) is 5. The maximum atomic E-state index is 4.68. The van der Waals surface area contributed by atoms with Crippen LogP contribution in [-0.2, 0) is 0 Å². The number of nitrogens with one attached hydrogen (secondary N) is 2. The Morgan fingerprint density at radius 3 is 2.71 bits per heavy atom. The Bertz CT molecular complexity index is 949. The van der Waals surface area contributed by atoms with Gasteiger partial charge in [0.1, 0.15) is 11.2 Å². The van der Waals surface area contributed by atoms with Gasteiger partial charge in [0.05, 0.1) is 12.4 Å². The van der Waals surface area contributed by atoms with Crippen molar-refractivity contribution in [2.45, 2.75) is 13.0 Å². The fraction of sp³-hybridized carbons (Fsp3) is 0.111. The zero-order chi connectivity index (χ0) is 16.4. The molecule has 0 amide bonds. The van der Waals surface area contributed by atoms with Gasteiger partial charge in [-0.05, 0) is 24.6 Å². The van der Waals surface area contributed by atoms with E-state index in [0.29, 0.717) is 11.6 Å². The second-order valence-corrected chi connectivity index (χ2v) is 5.52. The van der Waals surface area contributed by atoms with Crippen molar-refractivity contribution in [1.82, 2.24) is 24.9 Å². The van der Waals surface area contributed by atoms with E-state index in [1.54, 1.807) is 18.7 Å². The third kappa shape index (κ3) is 2.69. The second kappa shape index (κ2) is 6.08. The van der Waals surface area contributed by atoms with Crippen molar-refractivity contribution < 1.29 is 0 Å². The monoisotopic (exact) mass is 316 g/mol. The quantitative estimate of drug-likeness (QED) is 0.601. The number of pyridine rings is 1. The molecular weight excluding hydrogens is 300 g/mol. The van der Waals surface area contributed by atoms with E-state index in [-0.39, 0.29) is 6.04 Å². The lowest BCUT2D eigenvalue weighted by molar-refractivity contribution is 0.863. The Morgan fingerprint density at radius 1 is 1.04 bits per heavy atom.